The topological polar surface area (TPSA) is 76.7 Å². The number of ether oxygens (including phenoxy) is 2. The van der Waals surface area contributed by atoms with Crippen LogP contribution in [-0.4, -0.2) is 38.3 Å². The Bertz CT molecular complexity index is 866. The number of rotatable bonds is 6. The molecule has 0 aliphatic carbocycles. The minimum absolute atomic E-state index is 0.181. The number of benzene rings is 2. The van der Waals surface area contributed by atoms with Crippen molar-refractivity contribution in [1.82, 2.24) is 10.6 Å². The second-order valence-electron chi connectivity index (χ2n) is 7.22. The summed E-state index contributed by atoms with van der Waals surface area (Å²) in [7, 11) is 3.07. The number of alkyl halides is 3. The predicted octanol–water partition coefficient (Wildman–Crippen LogP) is 3.37. The number of carbonyl (C=O) groups is 2. The second kappa shape index (κ2) is 9.28. The van der Waals surface area contributed by atoms with E-state index in [1.165, 1.54) is 14.2 Å². The van der Waals surface area contributed by atoms with Crippen molar-refractivity contribution in [3.8, 4) is 11.5 Å². The zero-order valence-electron chi connectivity index (χ0n) is 17.0. The minimum atomic E-state index is -4.54. The zero-order chi connectivity index (χ0) is 22.6. The van der Waals surface area contributed by atoms with Gasteiger partial charge in [0.1, 0.15) is 23.5 Å². The van der Waals surface area contributed by atoms with E-state index in [0.29, 0.717) is 11.5 Å². The molecule has 1 saturated heterocycles. The third-order valence-corrected chi connectivity index (χ3v) is 5.27. The Kier molecular flexibility index (Phi) is 6.72. The molecule has 1 fully saturated rings. The molecule has 2 N–H and O–H groups in total. The van der Waals surface area contributed by atoms with E-state index < -0.39 is 36.0 Å². The van der Waals surface area contributed by atoms with Crippen molar-refractivity contribution >= 4 is 11.8 Å². The summed E-state index contributed by atoms with van der Waals surface area (Å²) < 4.78 is 49.0. The van der Waals surface area contributed by atoms with E-state index >= 15 is 0 Å². The Morgan fingerprint density at radius 2 is 1.45 bits per heavy atom. The third kappa shape index (κ3) is 5.28. The van der Waals surface area contributed by atoms with Crippen molar-refractivity contribution in [2.24, 2.45) is 5.92 Å². The molecule has 0 spiro atoms. The molecular weight excluding hydrogens is 413 g/mol. The maximum atomic E-state index is 12.9. The molecule has 9 heteroatoms. The molecule has 2 atom stereocenters. The number of hydrogen-bond acceptors (Lipinski definition) is 4. The molecule has 2 unspecified atom stereocenters. The van der Waals surface area contributed by atoms with Crippen LogP contribution < -0.4 is 20.1 Å². The summed E-state index contributed by atoms with van der Waals surface area (Å²) in [6, 6.07) is 11.5. The molecule has 166 valence electrons. The first-order valence-corrected chi connectivity index (χ1v) is 9.68. The quantitative estimate of drug-likeness (QED) is 0.681. The monoisotopic (exact) mass is 436 g/mol. The molecule has 6 nitrogen and oxygen atoms in total. The van der Waals surface area contributed by atoms with Crippen LogP contribution in [0.2, 0.25) is 0 Å². The summed E-state index contributed by atoms with van der Waals surface area (Å²) in [5.74, 6) is -1.48. The molecule has 1 aliphatic heterocycles. The maximum absolute atomic E-state index is 12.9. The first kappa shape index (κ1) is 22.5. The molecule has 0 bridgehead atoms. The fourth-order valence-corrected chi connectivity index (χ4v) is 3.50. The second-order valence-corrected chi connectivity index (χ2v) is 7.22. The number of carbonyl (C=O) groups excluding carboxylic acids is 2. The highest BCUT2D eigenvalue weighted by atomic mass is 19.4. The van der Waals surface area contributed by atoms with Gasteiger partial charge in [0, 0.05) is 0 Å². The van der Waals surface area contributed by atoms with Gasteiger partial charge in [0.15, 0.2) is 0 Å². The standard InChI is InChI=1S/C22H23F3N2O4/c1-30-15-7-3-13(4-8-15)19(14-5-9-16(31-2)10-6-14)27-21(29)17-11-12-18(22(23,24)25)26-20(17)28/h3-10,17-19H,11-12H2,1-2H3,(H,26,28)(H,27,29). The lowest BCUT2D eigenvalue weighted by molar-refractivity contribution is -0.171. The predicted molar refractivity (Wildman–Crippen MR) is 107 cm³/mol. The van der Waals surface area contributed by atoms with Crippen LogP contribution in [-0.2, 0) is 9.59 Å². The van der Waals surface area contributed by atoms with Crippen LogP contribution in [0.1, 0.15) is 30.0 Å². The lowest BCUT2D eigenvalue weighted by atomic mass is 9.91. The van der Waals surface area contributed by atoms with Crippen molar-refractivity contribution in [3.05, 3.63) is 59.7 Å². The lowest BCUT2D eigenvalue weighted by Crippen LogP contribution is -2.54. The molecule has 2 aromatic rings. The average Bonchev–Trinajstić information content (AvgIpc) is 2.77. The molecule has 2 aromatic carbocycles. The lowest BCUT2D eigenvalue weighted by Gasteiger charge is -2.31. The Hall–Kier alpha value is -3.23. The smallest absolute Gasteiger partial charge is 0.408 e. The van der Waals surface area contributed by atoms with Crippen molar-refractivity contribution in [1.29, 1.82) is 0 Å². The number of piperidine rings is 1. The van der Waals surface area contributed by atoms with Crippen LogP contribution in [0.15, 0.2) is 48.5 Å². The third-order valence-electron chi connectivity index (χ3n) is 5.27. The van der Waals surface area contributed by atoms with Gasteiger partial charge in [-0.05, 0) is 48.2 Å². The van der Waals surface area contributed by atoms with Crippen LogP contribution in [0, 0.1) is 5.92 Å². The molecule has 3 rings (SSSR count). The Labute approximate surface area is 177 Å². The molecule has 1 aliphatic rings. The number of nitrogens with one attached hydrogen (secondary N) is 2. The van der Waals surface area contributed by atoms with Gasteiger partial charge in [-0.2, -0.15) is 13.2 Å². The summed E-state index contributed by atoms with van der Waals surface area (Å²) in [4.78, 5) is 25.1. The van der Waals surface area contributed by atoms with Crippen molar-refractivity contribution in [2.75, 3.05) is 14.2 Å². The molecule has 1 heterocycles. The largest absolute Gasteiger partial charge is 0.497 e. The van der Waals surface area contributed by atoms with Crippen molar-refractivity contribution < 1.29 is 32.2 Å². The van der Waals surface area contributed by atoms with Gasteiger partial charge in [0.25, 0.3) is 0 Å². The molecule has 2 amide bonds. The van der Waals surface area contributed by atoms with Gasteiger partial charge in [-0.1, -0.05) is 24.3 Å². The number of hydrogen-bond donors (Lipinski definition) is 2. The Balaban J connectivity index is 1.82. The number of amides is 2. The van der Waals surface area contributed by atoms with Gasteiger partial charge in [0.05, 0.1) is 20.3 Å². The molecule has 0 aromatic heterocycles. The van der Waals surface area contributed by atoms with Gasteiger partial charge in [-0.3, -0.25) is 9.59 Å². The minimum Gasteiger partial charge on any atom is -0.497 e. The molecule has 0 saturated carbocycles. The van der Waals surface area contributed by atoms with Crippen LogP contribution in [0.3, 0.4) is 0 Å². The Morgan fingerprint density at radius 3 is 1.84 bits per heavy atom. The van der Waals surface area contributed by atoms with E-state index in [0.717, 1.165) is 11.1 Å². The van der Waals surface area contributed by atoms with Gasteiger partial charge in [0.2, 0.25) is 11.8 Å². The Morgan fingerprint density at radius 1 is 0.968 bits per heavy atom. The van der Waals surface area contributed by atoms with E-state index in [4.69, 9.17) is 9.47 Å². The van der Waals surface area contributed by atoms with E-state index in [1.54, 1.807) is 48.5 Å². The average molecular weight is 436 g/mol. The summed E-state index contributed by atoms with van der Waals surface area (Å²) in [6.07, 6.45) is -5.06. The van der Waals surface area contributed by atoms with E-state index in [1.807, 2.05) is 5.32 Å². The number of halogens is 3. The highest BCUT2D eigenvalue weighted by Crippen LogP contribution is 2.30. The van der Waals surface area contributed by atoms with Crippen molar-refractivity contribution in [2.45, 2.75) is 31.1 Å². The first-order valence-electron chi connectivity index (χ1n) is 9.68. The van der Waals surface area contributed by atoms with Gasteiger partial charge >= 0.3 is 6.18 Å². The van der Waals surface area contributed by atoms with Crippen molar-refractivity contribution in [3.63, 3.8) is 0 Å². The molecular formula is C22H23F3N2O4. The van der Waals surface area contributed by atoms with E-state index in [9.17, 15) is 22.8 Å². The molecule has 31 heavy (non-hydrogen) atoms. The van der Waals surface area contributed by atoms with Crippen LogP contribution in [0.5, 0.6) is 11.5 Å². The summed E-state index contributed by atoms with van der Waals surface area (Å²) in [5, 5.41) is 4.73. The van der Waals surface area contributed by atoms with E-state index in [2.05, 4.69) is 5.32 Å². The van der Waals surface area contributed by atoms with Gasteiger partial charge < -0.3 is 20.1 Å². The van der Waals surface area contributed by atoms with Crippen LogP contribution >= 0.6 is 0 Å². The van der Waals surface area contributed by atoms with Crippen LogP contribution in [0.25, 0.3) is 0 Å². The summed E-state index contributed by atoms with van der Waals surface area (Å²) >= 11 is 0. The molecule has 0 radical (unpaired) electrons. The van der Waals surface area contributed by atoms with Crippen LogP contribution in [0.4, 0.5) is 13.2 Å². The zero-order valence-corrected chi connectivity index (χ0v) is 17.0. The highest BCUT2D eigenvalue weighted by molar-refractivity contribution is 6.01. The normalized spacial score (nSPS) is 19.0. The van der Waals surface area contributed by atoms with Gasteiger partial charge in [-0.25, -0.2) is 0 Å². The fraction of sp³-hybridized carbons (Fsp3) is 0.364. The summed E-state index contributed by atoms with van der Waals surface area (Å²) in [6.45, 7) is 0. The maximum Gasteiger partial charge on any atom is 0.408 e. The first-order chi connectivity index (χ1) is 14.7. The highest BCUT2D eigenvalue weighted by Gasteiger charge is 2.46. The van der Waals surface area contributed by atoms with Gasteiger partial charge in [-0.15, -0.1) is 0 Å². The van der Waals surface area contributed by atoms with E-state index in [-0.39, 0.29) is 12.8 Å². The fourth-order valence-electron chi connectivity index (χ4n) is 3.50. The number of methoxy groups -OCH3 is 2. The summed E-state index contributed by atoms with van der Waals surface area (Å²) in [5.41, 5.74) is 1.45. The SMILES string of the molecule is COc1ccc(C(NC(=O)C2CCC(C(F)(F)F)NC2=O)c2ccc(OC)cc2)cc1.